The predicted octanol–water partition coefficient (Wildman–Crippen LogP) is 0.726. The minimum absolute atomic E-state index is 0.0122. The molecule has 18 heavy (non-hydrogen) atoms. The molecule has 1 N–H and O–H groups in total. The second-order valence-electron chi connectivity index (χ2n) is 4.48. The van der Waals surface area contributed by atoms with Gasteiger partial charge in [0.1, 0.15) is 5.82 Å². The van der Waals surface area contributed by atoms with E-state index in [4.69, 9.17) is 5.11 Å². The van der Waals surface area contributed by atoms with Crippen LogP contribution < -0.4 is 0 Å². The number of amides is 1. The van der Waals surface area contributed by atoms with Crippen LogP contribution >= 0.6 is 0 Å². The minimum Gasteiger partial charge on any atom is -0.481 e. The number of carbonyl (C=O) groups excluding carboxylic acids is 1. The first-order valence-electron chi connectivity index (χ1n) is 6.12. The first-order chi connectivity index (χ1) is 8.61. The molecule has 1 atom stereocenters. The van der Waals surface area contributed by atoms with E-state index in [1.165, 1.54) is 0 Å². The lowest BCUT2D eigenvalue weighted by Crippen LogP contribution is -2.42. The van der Waals surface area contributed by atoms with Gasteiger partial charge in [-0.2, -0.15) is 0 Å². The summed E-state index contributed by atoms with van der Waals surface area (Å²) in [6.07, 6.45) is 4.30. The summed E-state index contributed by atoms with van der Waals surface area (Å²) in [5.41, 5.74) is 0. The molecule has 1 aromatic rings. The number of aryl methyl sites for hydroxylation is 1. The summed E-state index contributed by atoms with van der Waals surface area (Å²) in [7, 11) is 0. The van der Waals surface area contributed by atoms with Crippen LogP contribution in [0.3, 0.4) is 0 Å². The van der Waals surface area contributed by atoms with Gasteiger partial charge in [-0.1, -0.05) is 0 Å². The number of carboxylic acid groups (broad SMARTS) is 1. The fourth-order valence-corrected chi connectivity index (χ4v) is 2.22. The van der Waals surface area contributed by atoms with E-state index in [0.717, 1.165) is 12.4 Å². The molecular formula is C12H17N3O3. The Hall–Kier alpha value is -1.85. The van der Waals surface area contributed by atoms with Crippen molar-refractivity contribution in [2.75, 3.05) is 6.54 Å². The molecule has 0 spiro atoms. The number of imidazole rings is 1. The van der Waals surface area contributed by atoms with Crippen LogP contribution in [0.25, 0.3) is 0 Å². The van der Waals surface area contributed by atoms with Crippen molar-refractivity contribution >= 4 is 11.9 Å². The van der Waals surface area contributed by atoms with Gasteiger partial charge in [-0.05, 0) is 13.3 Å². The Balaban J connectivity index is 2.07. The molecule has 1 aromatic heterocycles. The number of piperidine rings is 1. The Kier molecular flexibility index (Phi) is 3.64. The third-order valence-electron chi connectivity index (χ3n) is 3.32. The first kappa shape index (κ1) is 12.6. The largest absolute Gasteiger partial charge is 0.481 e. The Morgan fingerprint density at radius 2 is 2.39 bits per heavy atom. The zero-order chi connectivity index (χ0) is 13.1. The molecule has 1 aliphatic heterocycles. The standard InChI is InChI=1S/C12H17N3O3/c1-2-14-6-5-13-10(14)8-15-7-9(12(17)18)3-4-11(15)16/h5-6,9H,2-4,7-8H2,1H3,(H,17,18). The van der Waals surface area contributed by atoms with E-state index in [0.29, 0.717) is 19.4 Å². The summed E-state index contributed by atoms with van der Waals surface area (Å²) in [5, 5.41) is 9.01. The highest BCUT2D eigenvalue weighted by Gasteiger charge is 2.30. The quantitative estimate of drug-likeness (QED) is 0.855. The van der Waals surface area contributed by atoms with Crippen LogP contribution in [0.4, 0.5) is 0 Å². The number of aliphatic carboxylic acids is 1. The van der Waals surface area contributed by atoms with Gasteiger partial charge >= 0.3 is 5.97 Å². The number of carbonyl (C=O) groups is 2. The van der Waals surface area contributed by atoms with Crippen LogP contribution in [-0.2, 0) is 22.7 Å². The van der Waals surface area contributed by atoms with Crippen molar-refractivity contribution < 1.29 is 14.7 Å². The Morgan fingerprint density at radius 3 is 3.06 bits per heavy atom. The van der Waals surface area contributed by atoms with E-state index in [1.807, 2.05) is 17.7 Å². The summed E-state index contributed by atoms with van der Waals surface area (Å²) < 4.78 is 1.96. The highest BCUT2D eigenvalue weighted by Crippen LogP contribution is 2.19. The van der Waals surface area contributed by atoms with E-state index >= 15 is 0 Å². The van der Waals surface area contributed by atoms with Crippen LogP contribution in [0.5, 0.6) is 0 Å². The predicted molar refractivity (Wildman–Crippen MR) is 63.7 cm³/mol. The molecule has 1 amide bonds. The molecule has 1 unspecified atom stereocenters. The van der Waals surface area contributed by atoms with Crippen molar-refractivity contribution in [2.45, 2.75) is 32.9 Å². The van der Waals surface area contributed by atoms with Gasteiger partial charge in [0.2, 0.25) is 5.91 Å². The van der Waals surface area contributed by atoms with E-state index in [-0.39, 0.29) is 12.5 Å². The second-order valence-corrected chi connectivity index (χ2v) is 4.48. The highest BCUT2D eigenvalue weighted by molar-refractivity contribution is 5.80. The van der Waals surface area contributed by atoms with E-state index < -0.39 is 11.9 Å². The molecular weight excluding hydrogens is 234 g/mol. The smallest absolute Gasteiger partial charge is 0.308 e. The number of hydrogen-bond acceptors (Lipinski definition) is 3. The Labute approximate surface area is 105 Å². The lowest BCUT2D eigenvalue weighted by molar-refractivity contribution is -0.147. The number of rotatable bonds is 4. The van der Waals surface area contributed by atoms with Crippen LogP contribution in [0.1, 0.15) is 25.6 Å². The molecule has 1 aliphatic rings. The normalized spacial score (nSPS) is 20.2. The molecule has 98 valence electrons. The lowest BCUT2D eigenvalue weighted by Gasteiger charge is -2.30. The summed E-state index contributed by atoms with van der Waals surface area (Å²) in [6, 6.07) is 0. The third-order valence-corrected chi connectivity index (χ3v) is 3.32. The summed E-state index contributed by atoms with van der Waals surface area (Å²) in [5.74, 6) is -0.464. The summed E-state index contributed by atoms with van der Waals surface area (Å²) in [6.45, 7) is 3.47. The Bertz CT molecular complexity index is 455. The number of likely N-dealkylation sites (tertiary alicyclic amines) is 1. The summed E-state index contributed by atoms with van der Waals surface area (Å²) in [4.78, 5) is 28.6. The van der Waals surface area contributed by atoms with Gasteiger partial charge in [0.15, 0.2) is 0 Å². The second kappa shape index (κ2) is 5.20. The fraction of sp³-hybridized carbons (Fsp3) is 0.583. The molecule has 1 fully saturated rings. The average Bonchev–Trinajstić information content (AvgIpc) is 2.79. The lowest BCUT2D eigenvalue weighted by atomic mass is 9.98. The maximum atomic E-state index is 11.8. The van der Waals surface area contributed by atoms with Crippen LogP contribution in [0, 0.1) is 5.92 Å². The van der Waals surface area contributed by atoms with Crippen molar-refractivity contribution in [1.82, 2.24) is 14.5 Å². The number of hydrogen-bond donors (Lipinski definition) is 1. The molecule has 2 rings (SSSR count). The molecule has 1 saturated heterocycles. The van der Waals surface area contributed by atoms with Gasteiger partial charge < -0.3 is 14.6 Å². The van der Waals surface area contributed by atoms with Crippen molar-refractivity contribution in [1.29, 1.82) is 0 Å². The van der Waals surface area contributed by atoms with Gasteiger partial charge in [0, 0.05) is 31.9 Å². The minimum atomic E-state index is -0.827. The van der Waals surface area contributed by atoms with Crippen molar-refractivity contribution in [3.63, 3.8) is 0 Å². The number of aromatic nitrogens is 2. The van der Waals surface area contributed by atoms with E-state index in [9.17, 15) is 9.59 Å². The van der Waals surface area contributed by atoms with Crippen molar-refractivity contribution in [3.05, 3.63) is 18.2 Å². The SMILES string of the molecule is CCn1ccnc1CN1CC(C(=O)O)CCC1=O. The number of carboxylic acids is 1. The molecule has 6 nitrogen and oxygen atoms in total. The molecule has 6 heteroatoms. The number of nitrogens with zero attached hydrogens (tertiary/aromatic N) is 3. The van der Waals surface area contributed by atoms with Crippen molar-refractivity contribution in [2.24, 2.45) is 5.92 Å². The Morgan fingerprint density at radius 1 is 1.61 bits per heavy atom. The van der Waals surface area contributed by atoms with E-state index in [2.05, 4.69) is 4.98 Å². The molecule has 0 bridgehead atoms. The van der Waals surface area contributed by atoms with Crippen molar-refractivity contribution in [3.8, 4) is 0 Å². The molecule has 0 aliphatic carbocycles. The van der Waals surface area contributed by atoms with E-state index in [1.54, 1.807) is 11.1 Å². The highest BCUT2D eigenvalue weighted by atomic mass is 16.4. The maximum absolute atomic E-state index is 11.8. The molecule has 2 heterocycles. The van der Waals surface area contributed by atoms with Crippen LogP contribution in [0.2, 0.25) is 0 Å². The van der Waals surface area contributed by atoms with Gasteiger partial charge in [0.25, 0.3) is 0 Å². The monoisotopic (exact) mass is 251 g/mol. The maximum Gasteiger partial charge on any atom is 0.308 e. The van der Waals surface area contributed by atoms with Crippen LogP contribution in [-0.4, -0.2) is 38.0 Å². The zero-order valence-corrected chi connectivity index (χ0v) is 10.4. The third kappa shape index (κ3) is 2.52. The van der Waals surface area contributed by atoms with Gasteiger partial charge in [0.05, 0.1) is 12.5 Å². The molecule has 0 radical (unpaired) electrons. The zero-order valence-electron chi connectivity index (χ0n) is 10.4. The molecule has 0 saturated carbocycles. The van der Waals surface area contributed by atoms with Gasteiger partial charge in [-0.3, -0.25) is 9.59 Å². The topological polar surface area (TPSA) is 75.4 Å². The molecule has 0 aromatic carbocycles. The average molecular weight is 251 g/mol. The summed E-state index contributed by atoms with van der Waals surface area (Å²) >= 11 is 0. The fourth-order valence-electron chi connectivity index (χ4n) is 2.22. The van der Waals surface area contributed by atoms with Gasteiger partial charge in [-0.25, -0.2) is 4.98 Å². The first-order valence-corrected chi connectivity index (χ1v) is 6.12. The van der Waals surface area contributed by atoms with Crippen LogP contribution in [0.15, 0.2) is 12.4 Å². The van der Waals surface area contributed by atoms with Gasteiger partial charge in [-0.15, -0.1) is 0 Å².